The van der Waals surface area contributed by atoms with E-state index in [0.29, 0.717) is 0 Å². The molecule has 4 nitrogen and oxygen atoms in total. The average molecular weight is 210 g/mol. The van der Waals surface area contributed by atoms with E-state index in [-0.39, 0.29) is 5.92 Å². The quantitative estimate of drug-likeness (QED) is 0.583. The minimum atomic E-state index is -2.86. The Bertz CT molecular complexity index is 188. The van der Waals surface area contributed by atoms with Crippen LogP contribution in [-0.2, 0) is 4.79 Å². The van der Waals surface area contributed by atoms with E-state index in [1.807, 2.05) is 0 Å². The molecule has 0 saturated carbocycles. The highest BCUT2D eigenvalue weighted by Gasteiger charge is 2.21. The summed E-state index contributed by atoms with van der Waals surface area (Å²) in [6, 6.07) is -0.736. The topological polar surface area (TPSA) is 75.4 Å². The molecule has 14 heavy (non-hydrogen) atoms. The Balaban J connectivity index is 3.85. The zero-order valence-corrected chi connectivity index (χ0v) is 8.21. The van der Waals surface area contributed by atoms with Gasteiger partial charge in [-0.3, -0.25) is 4.79 Å². The van der Waals surface area contributed by atoms with Gasteiger partial charge in [-0.2, -0.15) is 0 Å². The van der Waals surface area contributed by atoms with Crippen molar-refractivity contribution in [2.24, 2.45) is 11.7 Å². The lowest BCUT2D eigenvalue weighted by atomic mass is 10.1. The lowest BCUT2D eigenvalue weighted by Crippen LogP contribution is -2.47. The maximum atomic E-state index is 11.8. The van der Waals surface area contributed by atoms with Crippen molar-refractivity contribution in [1.29, 1.82) is 0 Å². The smallest absolute Gasteiger partial charge is 0.265 e. The summed E-state index contributed by atoms with van der Waals surface area (Å²) >= 11 is 0. The van der Waals surface area contributed by atoms with Gasteiger partial charge in [0, 0.05) is 6.54 Å². The van der Waals surface area contributed by atoms with E-state index >= 15 is 0 Å². The number of hydrogen-bond donors (Lipinski definition) is 3. The van der Waals surface area contributed by atoms with Crippen LogP contribution in [0, 0.1) is 5.92 Å². The Labute approximate surface area is 81.5 Å². The number of carbonyl (C=O) groups excluding carboxylic acids is 1. The molecule has 0 bridgehead atoms. The zero-order valence-electron chi connectivity index (χ0n) is 8.21. The van der Waals surface area contributed by atoms with E-state index in [9.17, 15) is 13.6 Å². The normalized spacial score (nSPS) is 15.7. The van der Waals surface area contributed by atoms with Crippen LogP contribution in [0.1, 0.15) is 13.8 Å². The van der Waals surface area contributed by atoms with Crippen molar-refractivity contribution in [3.05, 3.63) is 0 Å². The number of halogens is 2. The molecule has 0 aromatic carbocycles. The largest absolute Gasteiger partial charge is 0.385 e. The highest BCUT2D eigenvalue weighted by atomic mass is 19.3. The van der Waals surface area contributed by atoms with E-state index in [1.165, 1.54) is 0 Å². The molecule has 84 valence electrons. The molecule has 4 N–H and O–H groups in total. The lowest BCUT2D eigenvalue weighted by molar-refractivity contribution is -0.124. The fourth-order valence-corrected chi connectivity index (χ4v) is 0.715. The van der Waals surface area contributed by atoms with Gasteiger partial charge in [-0.05, 0) is 5.92 Å². The molecule has 0 aliphatic carbocycles. The van der Waals surface area contributed by atoms with Crippen LogP contribution in [0.15, 0.2) is 0 Å². The van der Waals surface area contributed by atoms with Gasteiger partial charge < -0.3 is 16.2 Å². The summed E-state index contributed by atoms with van der Waals surface area (Å²) in [5, 5.41) is 10.8. The van der Waals surface area contributed by atoms with Crippen LogP contribution in [0.4, 0.5) is 8.78 Å². The van der Waals surface area contributed by atoms with Crippen molar-refractivity contribution in [2.45, 2.75) is 32.4 Å². The van der Waals surface area contributed by atoms with E-state index < -0.39 is 31.0 Å². The average Bonchev–Trinajstić information content (AvgIpc) is 2.11. The number of alkyl halides is 2. The Kier molecular flexibility index (Phi) is 5.56. The van der Waals surface area contributed by atoms with Crippen LogP contribution in [0.25, 0.3) is 0 Å². The Morgan fingerprint density at radius 3 is 2.36 bits per heavy atom. The molecule has 0 aromatic rings. The Morgan fingerprint density at radius 1 is 1.50 bits per heavy atom. The number of rotatable bonds is 5. The number of carbonyl (C=O) groups is 1. The van der Waals surface area contributed by atoms with Crippen LogP contribution in [0.2, 0.25) is 0 Å². The van der Waals surface area contributed by atoms with Gasteiger partial charge in [-0.15, -0.1) is 0 Å². The first kappa shape index (κ1) is 13.2. The molecule has 0 aliphatic rings. The fraction of sp³-hybridized carbons (Fsp3) is 0.875. The molecular formula is C8H16F2N2O2. The second-order valence-corrected chi connectivity index (χ2v) is 3.42. The third-order valence-electron chi connectivity index (χ3n) is 1.80. The molecule has 0 aromatic heterocycles. The van der Waals surface area contributed by atoms with Crippen molar-refractivity contribution in [3.63, 3.8) is 0 Å². The standard InChI is InChI=1S/C8H16F2N2O2/c1-4(2)6(11)8(14)12-3-5(13)7(9)10/h4-7,13H,3,11H2,1-2H3,(H,12,14). The molecule has 0 fully saturated rings. The van der Waals surface area contributed by atoms with Gasteiger partial charge >= 0.3 is 0 Å². The molecule has 2 atom stereocenters. The monoisotopic (exact) mass is 210 g/mol. The summed E-state index contributed by atoms with van der Waals surface area (Å²) < 4.78 is 23.6. The summed E-state index contributed by atoms with van der Waals surface area (Å²) in [5.41, 5.74) is 5.44. The molecule has 0 spiro atoms. The predicted octanol–water partition coefficient (Wildman–Crippen LogP) is -0.288. The van der Waals surface area contributed by atoms with Crippen LogP contribution in [0.5, 0.6) is 0 Å². The molecular weight excluding hydrogens is 194 g/mol. The number of nitrogens with one attached hydrogen (secondary N) is 1. The highest BCUT2D eigenvalue weighted by Crippen LogP contribution is 2.00. The molecule has 6 heteroatoms. The maximum absolute atomic E-state index is 11.8. The molecule has 0 aliphatic heterocycles. The van der Waals surface area contributed by atoms with Crippen molar-refractivity contribution in [2.75, 3.05) is 6.54 Å². The number of aliphatic hydroxyl groups is 1. The summed E-state index contributed by atoms with van der Waals surface area (Å²) in [6.07, 6.45) is -4.69. The van der Waals surface area contributed by atoms with Crippen molar-refractivity contribution >= 4 is 5.91 Å². The van der Waals surface area contributed by atoms with E-state index in [4.69, 9.17) is 10.8 Å². The number of amides is 1. The van der Waals surface area contributed by atoms with E-state index in [1.54, 1.807) is 13.8 Å². The fourth-order valence-electron chi connectivity index (χ4n) is 0.715. The first-order chi connectivity index (χ1) is 6.36. The van der Waals surface area contributed by atoms with Gasteiger partial charge in [-0.1, -0.05) is 13.8 Å². The molecule has 0 radical (unpaired) electrons. The van der Waals surface area contributed by atoms with Gasteiger partial charge in [0.15, 0.2) is 0 Å². The van der Waals surface area contributed by atoms with Crippen molar-refractivity contribution in [3.8, 4) is 0 Å². The molecule has 0 rings (SSSR count). The first-order valence-electron chi connectivity index (χ1n) is 4.35. The summed E-state index contributed by atoms with van der Waals surface area (Å²) in [5.74, 6) is -0.599. The minimum Gasteiger partial charge on any atom is -0.385 e. The van der Waals surface area contributed by atoms with Gasteiger partial charge in [-0.25, -0.2) is 8.78 Å². The van der Waals surface area contributed by atoms with Crippen LogP contribution in [0.3, 0.4) is 0 Å². The lowest BCUT2D eigenvalue weighted by Gasteiger charge is -2.16. The van der Waals surface area contributed by atoms with Crippen molar-refractivity contribution < 1.29 is 18.7 Å². The van der Waals surface area contributed by atoms with Crippen molar-refractivity contribution in [1.82, 2.24) is 5.32 Å². The SMILES string of the molecule is CC(C)C(N)C(=O)NCC(O)C(F)F. The van der Waals surface area contributed by atoms with Gasteiger partial charge in [0.25, 0.3) is 6.43 Å². The third kappa shape index (κ3) is 4.48. The van der Waals surface area contributed by atoms with Gasteiger partial charge in [0.05, 0.1) is 6.04 Å². The second kappa shape index (κ2) is 5.87. The van der Waals surface area contributed by atoms with Crippen LogP contribution < -0.4 is 11.1 Å². The number of nitrogens with two attached hydrogens (primary N) is 1. The first-order valence-corrected chi connectivity index (χ1v) is 4.35. The summed E-state index contributed by atoms with van der Waals surface area (Å²) in [7, 11) is 0. The molecule has 0 saturated heterocycles. The Morgan fingerprint density at radius 2 is 2.00 bits per heavy atom. The van der Waals surface area contributed by atoms with Gasteiger partial charge in [0.2, 0.25) is 5.91 Å². The summed E-state index contributed by atoms with van der Waals surface area (Å²) in [6.45, 7) is 3.01. The van der Waals surface area contributed by atoms with Gasteiger partial charge in [0.1, 0.15) is 6.10 Å². The second-order valence-electron chi connectivity index (χ2n) is 3.42. The van der Waals surface area contributed by atoms with Crippen LogP contribution >= 0.6 is 0 Å². The predicted molar refractivity (Wildman–Crippen MR) is 47.8 cm³/mol. The highest BCUT2D eigenvalue weighted by molar-refractivity contribution is 5.81. The number of aliphatic hydroxyl groups excluding tert-OH is 1. The molecule has 1 amide bonds. The van der Waals surface area contributed by atoms with E-state index in [2.05, 4.69) is 5.32 Å². The van der Waals surface area contributed by atoms with Crippen LogP contribution in [-0.4, -0.2) is 36.1 Å². The third-order valence-corrected chi connectivity index (χ3v) is 1.80. The molecule has 0 heterocycles. The van der Waals surface area contributed by atoms with E-state index in [0.717, 1.165) is 0 Å². The summed E-state index contributed by atoms with van der Waals surface area (Å²) in [4.78, 5) is 11.1. The zero-order chi connectivity index (χ0) is 11.3. The Hall–Kier alpha value is -0.750. The molecule has 2 unspecified atom stereocenters. The maximum Gasteiger partial charge on any atom is 0.265 e. The number of hydrogen-bond acceptors (Lipinski definition) is 3. The minimum absolute atomic E-state index is 0.0707.